The number of hydrogen-bond donors (Lipinski definition) is 2. The molecule has 2 aliphatic rings. The van der Waals surface area contributed by atoms with Gasteiger partial charge in [-0.05, 0) is 0 Å². The van der Waals surface area contributed by atoms with Crippen molar-refractivity contribution in [3.05, 3.63) is 6.54 Å². The first-order valence-electron chi connectivity index (χ1n) is 3.06. The standard InChI is InChI=1S/C5H7BrN4/c6-4-2-10-3-8-9-5(10)1-7-4/h3-5,7,9H,2H2. The minimum atomic E-state index is 0.119. The summed E-state index contributed by atoms with van der Waals surface area (Å²) < 4.78 is 0. The van der Waals surface area contributed by atoms with Gasteiger partial charge in [0.05, 0.1) is 4.95 Å². The van der Waals surface area contributed by atoms with Crippen LogP contribution in [0.5, 0.6) is 0 Å². The predicted molar refractivity (Wildman–Crippen MR) is 41.2 cm³/mol. The highest BCUT2D eigenvalue weighted by Gasteiger charge is 2.27. The van der Waals surface area contributed by atoms with Crippen molar-refractivity contribution in [2.75, 3.05) is 6.54 Å². The Morgan fingerprint density at radius 1 is 1.80 bits per heavy atom. The summed E-state index contributed by atoms with van der Waals surface area (Å²) in [5.41, 5.74) is 2.88. The molecule has 0 spiro atoms. The fourth-order valence-electron chi connectivity index (χ4n) is 0.987. The molecule has 0 bridgehead atoms. The van der Waals surface area contributed by atoms with Crippen molar-refractivity contribution in [1.29, 1.82) is 0 Å². The van der Waals surface area contributed by atoms with Gasteiger partial charge in [0.25, 0.3) is 0 Å². The van der Waals surface area contributed by atoms with Crippen LogP contribution < -0.4 is 10.7 Å². The summed E-state index contributed by atoms with van der Waals surface area (Å²) in [6, 6.07) is 0. The molecule has 0 amide bonds. The SMILES string of the molecule is BrC1CN2C=NNC2[C]N1. The van der Waals surface area contributed by atoms with Crippen LogP contribution in [-0.2, 0) is 0 Å². The minimum absolute atomic E-state index is 0.119. The monoisotopic (exact) mass is 202 g/mol. The van der Waals surface area contributed by atoms with Crippen molar-refractivity contribution in [2.45, 2.75) is 11.1 Å². The number of piperazine rings is 1. The second kappa shape index (κ2) is 2.39. The summed E-state index contributed by atoms with van der Waals surface area (Å²) in [6.45, 7) is 3.93. The molecule has 4 nitrogen and oxygen atoms in total. The van der Waals surface area contributed by atoms with E-state index in [0.29, 0.717) is 0 Å². The molecule has 2 unspecified atom stereocenters. The van der Waals surface area contributed by atoms with Gasteiger partial charge in [-0.1, -0.05) is 15.9 Å². The first-order chi connectivity index (χ1) is 4.86. The normalized spacial score (nSPS) is 37.5. The van der Waals surface area contributed by atoms with Crippen molar-refractivity contribution in [3.63, 3.8) is 0 Å². The highest BCUT2D eigenvalue weighted by atomic mass is 79.9. The molecule has 0 aromatic carbocycles. The number of fused-ring (bicyclic) bond motifs is 1. The molecular formula is C5H7BrN4. The van der Waals surface area contributed by atoms with E-state index >= 15 is 0 Å². The van der Waals surface area contributed by atoms with E-state index in [4.69, 9.17) is 0 Å². The molecule has 2 N–H and O–H groups in total. The fraction of sp³-hybridized carbons (Fsp3) is 0.600. The van der Waals surface area contributed by atoms with Gasteiger partial charge < -0.3 is 4.90 Å². The lowest BCUT2D eigenvalue weighted by atomic mass is 10.3. The largest absolute Gasteiger partial charge is 0.335 e. The van der Waals surface area contributed by atoms with Crippen molar-refractivity contribution >= 4 is 22.3 Å². The van der Waals surface area contributed by atoms with E-state index in [1.165, 1.54) is 0 Å². The lowest BCUT2D eigenvalue weighted by molar-refractivity contribution is 0.282. The Morgan fingerprint density at radius 3 is 3.60 bits per heavy atom. The van der Waals surface area contributed by atoms with Crippen LogP contribution in [0.1, 0.15) is 0 Å². The summed E-state index contributed by atoms with van der Waals surface area (Å²) in [7, 11) is 0. The number of halogens is 1. The highest BCUT2D eigenvalue weighted by Crippen LogP contribution is 2.12. The molecule has 2 aliphatic heterocycles. The van der Waals surface area contributed by atoms with E-state index in [2.05, 4.69) is 43.2 Å². The van der Waals surface area contributed by atoms with Gasteiger partial charge in [-0.2, -0.15) is 5.10 Å². The summed E-state index contributed by atoms with van der Waals surface area (Å²) >= 11 is 3.42. The Balaban J connectivity index is 2.01. The van der Waals surface area contributed by atoms with E-state index < -0.39 is 0 Å². The molecule has 0 saturated carbocycles. The molecule has 0 aliphatic carbocycles. The zero-order valence-corrected chi connectivity index (χ0v) is 6.80. The molecule has 10 heavy (non-hydrogen) atoms. The third-order valence-electron chi connectivity index (χ3n) is 1.48. The molecule has 2 atom stereocenters. The Kier molecular flexibility index (Phi) is 1.54. The first kappa shape index (κ1) is 6.42. The van der Waals surface area contributed by atoms with E-state index in [0.717, 1.165) is 6.54 Å². The number of alkyl halides is 1. The van der Waals surface area contributed by atoms with E-state index in [9.17, 15) is 0 Å². The Hall–Kier alpha value is -0.290. The number of hydrazone groups is 1. The van der Waals surface area contributed by atoms with Crippen molar-refractivity contribution in [2.24, 2.45) is 5.10 Å². The van der Waals surface area contributed by atoms with Crippen LogP contribution in [-0.4, -0.2) is 28.9 Å². The van der Waals surface area contributed by atoms with Crippen LogP contribution in [0.4, 0.5) is 0 Å². The number of nitrogens with one attached hydrogen (secondary N) is 2. The van der Waals surface area contributed by atoms with Crippen LogP contribution in [0.2, 0.25) is 0 Å². The topological polar surface area (TPSA) is 39.7 Å². The van der Waals surface area contributed by atoms with E-state index in [1.54, 1.807) is 6.34 Å². The smallest absolute Gasteiger partial charge is 0.138 e. The molecule has 54 valence electrons. The summed E-state index contributed by atoms with van der Waals surface area (Å²) in [5.74, 6) is 0. The van der Waals surface area contributed by atoms with E-state index in [1.807, 2.05) is 0 Å². The molecule has 0 aromatic rings. The second-order valence-electron chi connectivity index (χ2n) is 2.23. The van der Waals surface area contributed by atoms with Crippen molar-refractivity contribution in [3.8, 4) is 0 Å². The van der Waals surface area contributed by atoms with Crippen LogP contribution in [0, 0.1) is 6.54 Å². The quantitative estimate of drug-likeness (QED) is 0.412. The third kappa shape index (κ3) is 0.992. The molecule has 0 aromatic heterocycles. The van der Waals surface area contributed by atoms with Crippen molar-refractivity contribution in [1.82, 2.24) is 15.6 Å². The average molecular weight is 203 g/mol. The molecule has 5 heteroatoms. The maximum atomic E-state index is 3.89. The van der Waals surface area contributed by atoms with Gasteiger partial charge in [-0.3, -0.25) is 10.7 Å². The molecule has 1 fully saturated rings. The Labute approximate surface area is 67.8 Å². The lowest BCUT2D eigenvalue weighted by Crippen LogP contribution is -2.52. The van der Waals surface area contributed by atoms with Crippen LogP contribution in [0.25, 0.3) is 0 Å². The Morgan fingerprint density at radius 2 is 2.70 bits per heavy atom. The average Bonchev–Trinajstić information content (AvgIpc) is 2.33. The van der Waals surface area contributed by atoms with Gasteiger partial charge >= 0.3 is 0 Å². The predicted octanol–water partition coefficient (Wildman–Crippen LogP) is -0.476. The molecule has 1 saturated heterocycles. The first-order valence-corrected chi connectivity index (χ1v) is 3.97. The number of hydrogen-bond acceptors (Lipinski definition) is 4. The van der Waals surface area contributed by atoms with E-state index in [-0.39, 0.29) is 11.1 Å². The summed E-state index contributed by atoms with van der Waals surface area (Å²) in [4.78, 5) is 2.35. The number of nitrogens with zero attached hydrogens (tertiary/aromatic N) is 2. The minimum Gasteiger partial charge on any atom is -0.335 e. The number of rotatable bonds is 0. The van der Waals surface area contributed by atoms with Gasteiger partial charge in [-0.25, -0.2) is 0 Å². The summed E-state index contributed by atoms with van der Waals surface area (Å²) in [6.07, 6.45) is 1.90. The zero-order valence-electron chi connectivity index (χ0n) is 5.21. The van der Waals surface area contributed by atoms with Gasteiger partial charge in [0.2, 0.25) is 0 Å². The van der Waals surface area contributed by atoms with Gasteiger partial charge in [0, 0.05) is 6.54 Å². The highest BCUT2D eigenvalue weighted by molar-refractivity contribution is 9.09. The fourth-order valence-corrected chi connectivity index (χ4v) is 1.45. The Bertz CT molecular complexity index is 160. The molecule has 2 heterocycles. The third-order valence-corrected chi connectivity index (χ3v) is 2.00. The van der Waals surface area contributed by atoms with Gasteiger partial charge in [0.1, 0.15) is 19.0 Å². The van der Waals surface area contributed by atoms with Crippen LogP contribution >= 0.6 is 15.9 Å². The van der Waals surface area contributed by atoms with Crippen LogP contribution in [0.3, 0.4) is 0 Å². The van der Waals surface area contributed by atoms with Crippen molar-refractivity contribution < 1.29 is 0 Å². The maximum Gasteiger partial charge on any atom is 0.138 e. The second-order valence-corrected chi connectivity index (χ2v) is 3.33. The molecule has 2 radical (unpaired) electrons. The van der Waals surface area contributed by atoms with Gasteiger partial charge in [-0.15, -0.1) is 0 Å². The lowest BCUT2D eigenvalue weighted by Gasteiger charge is -2.31. The maximum absolute atomic E-state index is 3.89. The summed E-state index contributed by atoms with van der Waals surface area (Å²) in [5, 5.41) is 6.93. The molecule has 2 rings (SSSR count). The molecular weight excluding hydrogens is 196 g/mol. The zero-order chi connectivity index (χ0) is 6.97. The van der Waals surface area contributed by atoms with Crippen LogP contribution in [0.15, 0.2) is 5.10 Å². The van der Waals surface area contributed by atoms with Gasteiger partial charge in [0.15, 0.2) is 0 Å².